The number of fused-ring (bicyclic) bond motifs is 2. The molecule has 2 atom stereocenters. The van der Waals surface area contributed by atoms with Crippen LogP contribution in [0.5, 0.6) is 0 Å². The molecule has 1 aliphatic heterocycles. The number of piperidine rings is 1. The van der Waals surface area contributed by atoms with Gasteiger partial charge < -0.3 is 33.4 Å². The fraction of sp³-hybridized carbons (Fsp3) is 1.00. The van der Waals surface area contributed by atoms with Crippen LogP contribution in [-0.4, -0.2) is 56.7 Å². The molecule has 1 saturated carbocycles. The number of nitrogens with zero attached hydrogens (tertiary/aromatic N) is 2. The van der Waals surface area contributed by atoms with Crippen molar-refractivity contribution in [2.45, 2.75) is 38.5 Å². The first-order chi connectivity index (χ1) is 8.03. The third-order valence-electron chi connectivity index (χ3n) is 4.48. The maximum Gasteiger partial charge on any atom is 0.0780 e. The minimum Gasteiger partial charge on any atom is -1.00 e. The first kappa shape index (κ1) is 16.7. The van der Waals surface area contributed by atoms with Gasteiger partial charge in [-0.15, -0.1) is 0 Å². The Bertz CT molecular complexity index is 225. The van der Waals surface area contributed by atoms with Gasteiger partial charge >= 0.3 is 0 Å². The summed E-state index contributed by atoms with van der Waals surface area (Å²) >= 11 is 0. The summed E-state index contributed by atoms with van der Waals surface area (Å²) in [4.78, 5) is 2.76. The molecule has 0 spiro atoms. The molecule has 0 aromatic heterocycles. The van der Waals surface area contributed by atoms with Gasteiger partial charge in [-0.3, -0.25) is 0 Å². The zero-order valence-electron chi connectivity index (χ0n) is 12.5. The summed E-state index contributed by atoms with van der Waals surface area (Å²) in [5.74, 6) is 2.08. The Morgan fingerprint density at radius 1 is 1.00 bits per heavy atom. The molecule has 2 nitrogen and oxygen atoms in total. The minimum atomic E-state index is 0. The van der Waals surface area contributed by atoms with Gasteiger partial charge in [-0.25, -0.2) is 0 Å². The van der Waals surface area contributed by atoms with E-state index < -0.39 is 0 Å². The second kappa shape index (κ2) is 7.44. The maximum absolute atomic E-state index is 2.76. The molecule has 2 fully saturated rings. The molecule has 0 radical (unpaired) electrons. The van der Waals surface area contributed by atoms with Gasteiger partial charge in [0, 0.05) is 13.1 Å². The fourth-order valence-electron chi connectivity index (χ4n) is 3.64. The van der Waals surface area contributed by atoms with Crippen LogP contribution >= 0.6 is 0 Å². The highest BCUT2D eigenvalue weighted by atomic mass is 127. The Labute approximate surface area is 131 Å². The lowest BCUT2D eigenvalue weighted by Gasteiger charge is -2.41. The summed E-state index contributed by atoms with van der Waals surface area (Å²) in [6.45, 7) is 5.48. The molecule has 2 unspecified atom stereocenters. The second-order valence-electron chi connectivity index (χ2n) is 7.38. The van der Waals surface area contributed by atoms with E-state index >= 15 is 0 Å². The molecule has 108 valence electrons. The Balaban J connectivity index is 0.00000162. The molecule has 1 aliphatic carbocycles. The van der Waals surface area contributed by atoms with Crippen molar-refractivity contribution in [1.82, 2.24) is 4.90 Å². The molecule has 1 heterocycles. The first-order valence-electron chi connectivity index (χ1n) is 7.56. The van der Waals surface area contributed by atoms with E-state index in [0.29, 0.717) is 0 Å². The number of hydrogen-bond acceptors (Lipinski definition) is 1. The predicted molar refractivity (Wildman–Crippen MR) is 74.0 cm³/mol. The summed E-state index contributed by atoms with van der Waals surface area (Å²) in [7, 11) is 6.89. The van der Waals surface area contributed by atoms with Crippen LogP contribution in [0.3, 0.4) is 0 Å². The van der Waals surface area contributed by atoms with Gasteiger partial charge in [0.15, 0.2) is 0 Å². The Morgan fingerprint density at radius 3 is 2.17 bits per heavy atom. The van der Waals surface area contributed by atoms with Crippen LogP contribution < -0.4 is 24.0 Å². The average molecular weight is 366 g/mol. The van der Waals surface area contributed by atoms with Crippen molar-refractivity contribution in [3.05, 3.63) is 0 Å². The monoisotopic (exact) mass is 366 g/mol. The van der Waals surface area contributed by atoms with Crippen LogP contribution in [0.15, 0.2) is 0 Å². The maximum atomic E-state index is 2.76. The van der Waals surface area contributed by atoms with Crippen molar-refractivity contribution in [3.8, 4) is 0 Å². The lowest BCUT2D eigenvalue weighted by atomic mass is 9.78. The standard InChI is InChI=1S/C15H31N2.HI/c1-17(2,3)10-5-4-9-16-12-14-7-6-8-15(11-14)13-16;/h14-15H,4-13H2,1-3H3;1H/q+1;/p-1. The second-order valence-corrected chi connectivity index (χ2v) is 7.38. The number of rotatable bonds is 5. The SMILES string of the molecule is C[N+](C)(C)CCCCN1CC2CCCC(C2)C1.[I-]. The molecule has 1 saturated heterocycles. The van der Waals surface area contributed by atoms with Crippen molar-refractivity contribution >= 4 is 0 Å². The molecule has 0 amide bonds. The summed E-state index contributed by atoms with van der Waals surface area (Å²) in [5, 5.41) is 0. The van der Waals surface area contributed by atoms with E-state index in [4.69, 9.17) is 0 Å². The van der Waals surface area contributed by atoms with Crippen molar-refractivity contribution in [1.29, 1.82) is 0 Å². The van der Waals surface area contributed by atoms with Gasteiger partial charge in [0.25, 0.3) is 0 Å². The van der Waals surface area contributed by atoms with E-state index in [9.17, 15) is 0 Å². The van der Waals surface area contributed by atoms with Crippen LogP contribution in [0.2, 0.25) is 0 Å². The van der Waals surface area contributed by atoms with Crippen molar-refractivity contribution < 1.29 is 28.5 Å². The summed E-state index contributed by atoms with van der Waals surface area (Å²) < 4.78 is 1.12. The normalized spacial score (nSPS) is 28.8. The molecule has 0 N–H and O–H groups in total. The quantitative estimate of drug-likeness (QED) is 0.364. The summed E-state index contributed by atoms with van der Waals surface area (Å²) in [6, 6.07) is 0. The van der Waals surface area contributed by atoms with Crippen molar-refractivity contribution in [3.63, 3.8) is 0 Å². The van der Waals surface area contributed by atoms with Crippen LogP contribution in [0, 0.1) is 11.8 Å². The van der Waals surface area contributed by atoms with Gasteiger partial charge in [-0.05, 0) is 50.5 Å². The third kappa shape index (κ3) is 5.74. The third-order valence-corrected chi connectivity index (χ3v) is 4.48. The van der Waals surface area contributed by atoms with Gasteiger partial charge in [-0.1, -0.05) is 6.42 Å². The number of halogens is 1. The van der Waals surface area contributed by atoms with Crippen LogP contribution in [-0.2, 0) is 0 Å². The Kier molecular flexibility index (Phi) is 6.90. The number of quaternary nitrogens is 1. The predicted octanol–water partition coefficient (Wildman–Crippen LogP) is -0.401. The molecule has 2 aliphatic rings. The van der Waals surface area contributed by atoms with Crippen LogP contribution in [0.4, 0.5) is 0 Å². The molecule has 0 aromatic rings. The number of likely N-dealkylation sites (tertiary alicyclic amines) is 1. The largest absolute Gasteiger partial charge is 1.00 e. The van der Waals surface area contributed by atoms with Crippen LogP contribution in [0.25, 0.3) is 0 Å². The average Bonchev–Trinajstić information content (AvgIpc) is 2.23. The van der Waals surface area contributed by atoms with E-state index in [1.165, 1.54) is 64.7 Å². The minimum absolute atomic E-state index is 0. The topological polar surface area (TPSA) is 3.24 Å². The van der Waals surface area contributed by atoms with Crippen molar-refractivity contribution in [2.75, 3.05) is 47.3 Å². The van der Waals surface area contributed by atoms with E-state index in [1.807, 2.05) is 0 Å². The highest BCUT2D eigenvalue weighted by Gasteiger charge is 2.29. The van der Waals surface area contributed by atoms with E-state index in [2.05, 4.69) is 26.0 Å². The summed E-state index contributed by atoms with van der Waals surface area (Å²) in [5.41, 5.74) is 0. The lowest BCUT2D eigenvalue weighted by Crippen LogP contribution is -3.00. The summed E-state index contributed by atoms with van der Waals surface area (Å²) in [6.07, 6.45) is 8.84. The van der Waals surface area contributed by atoms with Gasteiger partial charge in [0.2, 0.25) is 0 Å². The highest BCUT2D eigenvalue weighted by molar-refractivity contribution is 4.83. The highest BCUT2D eigenvalue weighted by Crippen LogP contribution is 2.34. The van der Waals surface area contributed by atoms with Gasteiger partial charge in [0.05, 0.1) is 27.7 Å². The molecule has 2 bridgehead atoms. The molecule has 3 heteroatoms. The fourth-order valence-corrected chi connectivity index (χ4v) is 3.64. The van der Waals surface area contributed by atoms with E-state index in [-0.39, 0.29) is 24.0 Å². The molecular weight excluding hydrogens is 335 g/mol. The number of unbranched alkanes of at least 4 members (excludes halogenated alkanes) is 1. The Hall–Kier alpha value is 0.650. The molecule has 2 rings (SSSR count). The zero-order valence-corrected chi connectivity index (χ0v) is 14.7. The van der Waals surface area contributed by atoms with Gasteiger partial charge in [0.1, 0.15) is 0 Å². The molecule has 0 aromatic carbocycles. The van der Waals surface area contributed by atoms with Gasteiger partial charge in [-0.2, -0.15) is 0 Å². The zero-order chi connectivity index (χ0) is 12.3. The molecular formula is C15H31IN2. The van der Waals surface area contributed by atoms with Crippen molar-refractivity contribution in [2.24, 2.45) is 11.8 Å². The first-order valence-corrected chi connectivity index (χ1v) is 7.56. The Morgan fingerprint density at radius 2 is 1.61 bits per heavy atom. The van der Waals surface area contributed by atoms with E-state index in [1.54, 1.807) is 0 Å². The lowest BCUT2D eigenvalue weighted by molar-refractivity contribution is -0.870. The van der Waals surface area contributed by atoms with E-state index in [0.717, 1.165) is 16.3 Å². The molecule has 18 heavy (non-hydrogen) atoms. The smallest absolute Gasteiger partial charge is 0.0780 e. The van der Waals surface area contributed by atoms with Crippen LogP contribution in [0.1, 0.15) is 38.5 Å². The number of hydrogen-bond donors (Lipinski definition) is 0.